The summed E-state index contributed by atoms with van der Waals surface area (Å²) in [6.07, 6.45) is 5.43. The first kappa shape index (κ1) is 28.4. The number of fused-ring (bicyclic) bond motifs is 1. The average molecular weight is 553 g/mol. The molecule has 2 heterocycles. The fourth-order valence-corrected chi connectivity index (χ4v) is 5.55. The number of nitrogens with one attached hydrogen (secondary N) is 1. The van der Waals surface area contributed by atoms with E-state index in [1.165, 1.54) is 0 Å². The topological polar surface area (TPSA) is 140 Å². The number of nitrogen functional groups attached to an aromatic ring is 1. The van der Waals surface area contributed by atoms with Crippen molar-refractivity contribution >= 4 is 38.2 Å². The summed E-state index contributed by atoms with van der Waals surface area (Å²) >= 11 is 0. The second-order valence-electron chi connectivity index (χ2n) is 9.64. The molecule has 2 aromatic heterocycles. The third-order valence-corrected chi connectivity index (χ3v) is 8.44. The molecule has 0 amide bonds. The van der Waals surface area contributed by atoms with Crippen LogP contribution >= 0.6 is 0 Å². The van der Waals surface area contributed by atoms with Gasteiger partial charge < -0.3 is 19.9 Å². The van der Waals surface area contributed by atoms with Gasteiger partial charge in [-0.3, -0.25) is 0 Å². The average Bonchev–Trinajstić information content (AvgIpc) is 3.25. The van der Waals surface area contributed by atoms with Gasteiger partial charge in [0.25, 0.3) is 0 Å². The van der Waals surface area contributed by atoms with Crippen LogP contribution in [0.4, 0.5) is 17.2 Å². The maximum absolute atomic E-state index is 12.7. The summed E-state index contributed by atoms with van der Waals surface area (Å²) < 4.78 is 35.9. The Morgan fingerprint density at radius 2 is 1.87 bits per heavy atom. The van der Waals surface area contributed by atoms with E-state index in [9.17, 15) is 8.42 Å². The van der Waals surface area contributed by atoms with Gasteiger partial charge in [-0.25, -0.2) is 23.1 Å². The van der Waals surface area contributed by atoms with Gasteiger partial charge in [0.15, 0.2) is 5.82 Å². The van der Waals surface area contributed by atoms with Gasteiger partial charge in [0.1, 0.15) is 11.3 Å². The Morgan fingerprint density at radius 3 is 2.54 bits per heavy atom. The highest BCUT2D eigenvalue weighted by Gasteiger charge is 2.23. The number of pyridine rings is 1. The Kier molecular flexibility index (Phi) is 8.78. The predicted molar refractivity (Wildman–Crippen MR) is 155 cm³/mol. The quantitative estimate of drug-likeness (QED) is 0.271. The minimum atomic E-state index is -3.54. The number of nitrogens with zero attached hydrogens (tertiary/aromatic N) is 6. The summed E-state index contributed by atoms with van der Waals surface area (Å²) in [6, 6.07) is 7.71. The zero-order chi connectivity index (χ0) is 28.2. The van der Waals surface area contributed by atoms with Gasteiger partial charge in [-0.15, -0.1) is 0 Å². The molecule has 0 saturated carbocycles. The van der Waals surface area contributed by atoms with Gasteiger partial charge in [-0.05, 0) is 63.1 Å². The number of aryl methyl sites for hydroxylation is 3. The molecule has 1 aromatic carbocycles. The molecule has 1 atom stereocenters. The summed E-state index contributed by atoms with van der Waals surface area (Å²) in [5.74, 6) is 1.25. The number of allylic oxidation sites excluding steroid dienone is 2. The second kappa shape index (κ2) is 12.1. The molecule has 11 nitrogen and oxygen atoms in total. The highest BCUT2D eigenvalue weighted by Crippen LogP contribution is 2.26. The minimum Gasteiger partial charge on any atom is -0.382 e. The number of benzene rings is 1. The van der Waals surface area contributed by atoms with Crippen LogP contribution in [0.1, 0.15) is 23.5 Å². The van der Waals surface area contributed by atoms with Crippen LogP contribution in [0.15, 0.2) is 58.4 Å². The number of ether oxygens (including phenoxy) is 1. The molecule has 0 fully saturated rings. The van der Waals surface area contributed by atoms with E-state index < -0.39 is 15.3 Å². The molecule has 39 heavy (non-hydrogen) atoms. The van der Waals surface area contributed by atoms with Crippen molar-refractivity contribution in [2.24, 2.45) is 10.2 Å². The Labute approximate surface area is 229 Å². The molecule has 3 aromatic rings. The number of imidazole rings is 1. The number of hydrogen-bond donors (Lipinski definition) is 2. The molecule has 208 valence electrons. The summed E-state index contributed by atoms with van der Waals surface area (Å²) in [4.78, 5) is 10.9. The van der Waals surface area contributed by atoms with Crippen LogP contribution in [0.5, 0.6) is 0 Å². The van der Waals surface area contributed by atoms with Gasteiger partial charge >= 0.3 is 0 Å². The smallest absolute Gasteiger partial charge is 0.218 e. The predicted octanol–water partition coefficient (Wildman–Crippen LogP) is 3.94. The van der Waals surface area contributed by atoms with Crippen molar-refractivity contribution in [3.63, 3.8) is 0 Å². The molecule has 0 spiro atoms. The lowest BCUT2D eigenvalue weighted by molar-refractivity contribution is 0.131. The molecule has 1 aliphatic carbocycles. The monoisotopic (exact) mass is 552 g/mol. The number of azo groups is 1. The van der Waals surface area contributed by atoms with Gasteiger partial charge in [0, 0.05) is 38.6 Å². The normalized spacial score (nSPS) is 15.8. The number of anilines is 2. The molecule has 0 radical (unpaired) electrons. The lowest BCUT2D eigenvalue weighted by atomic mass is 10.1. The first-order chi connectivity index (χ1) is 18.6. The van der Waals surface area contributed by atoms with Crippen molar-refractivity contribution in [3.05, 3.63) is 65.3 Å². The van der Waals surface area contributed by atoms with Crippen LogP contribution in [-0.2, 0) is 21.3 Å². The molecule has 1 aliphatic rings. The van der Waals surface area contributed by atoms with Crippen molar-refractivity contribution in [2.75, 3.05) is 44.5 Å². The van der Waals surface area contributed by atoms with E-state index in [2.05, 4.69) is 29.5 Å². The summed E-state index contributed by atoms with van der Waals surface area (Å²) in [7, 11) is 0.407. The van der Waals surface area contributed by atoms with Crippen molar-refractivity contribution in [3.8, 4) is 0 Å². The fourth-order valence-electron chi connectivity index (χ4n) is 4.33. The number of hydrogen-bond acceptors (Lipinski definition) is 9. The summed E-state index contributed by atoms with van der Waals surface area (Å²) in [6.45, 7) is 7.27. The minimum absolute atomic E-state index is 0.185. The fraction of sp³-hybridized carbons (Fsp3) is 0.407. The van der Waals surface area contributed by atoms with Crippen molar-refractivity contribution in [1.29, 1.82) is 0 Å². The van der Waals surface area contributed by atoms with E-state index in [0.717, 1.165) is 34.0 Å². The van der Waals surface area contributed by atoms with E-state index in [1.807, 2.05) is 64.0 Å². The standard InChI is InChI=1S/C27H36N8O3S/c1-18-19(2)30-27(28)25-26(18)35(20(3)31-25)15-17-38-16-14-29-39(36,37)24-12-8-22(9-13-24)33-32-21-6-10-23(11-7-21)34(4)5/h6-12,24,29H,13-17H2,1-5H3,(H2,28,30). The maximum atomic E-state index is 12.7. The van der Waals surface area contributed by atoms with Gasteiger partial charge in [-0.1, -0.05) is 12.2 Å². The van der Waals surface area contributed by atoms with Crippen molar-refractivity contribution in [1.82, 2.24) is 19.3 Å². The Balaban J connectivity index is 1.22. The lowest BCUT2D eigenvalue weighted by Gasteiger charge is -2.16. The third-order valence-electron chi connectivity index (χ3n) is 6.68. The Morgan fingerprint density at radius 1 is 1.13 bits per heavy atom. The van der Waals surface area contributed by atoms with Gasteiger partial charge in [0.2, 0.25) is 10.0 Å². The van der Waals surface area contributed by atoms with E-state index >= 15 is 0 Å². The lowest BCUT2D eigenvalue weighted by Crippen LogP contribution is -2.35. The number of rotatable bonds is 11. The van der Waals surface area contributed by atoms with Crippen molar-refractivity contribution in [2.45, 2.75) is 39.0 Å². The first-order valence-corrected chi connectivity index (χ1v) is 14.3. The SMILES string of the molecule is Cc1nc(N)c2nc(C)n(CCOCCNS(=O)(=O)C3C=CC(N=Nc4ccc(N(C)C)cc4)=CC3)c2c1C. The molecule has 0 aliphatic heterocycles. The van der Waals surface area contributed by atoms with E-state index in [-0.39, 0.29) is 13.2 Å². The molecular weight excluding hydrogens is 516 g/mol. The largest absolute Gasteiger partial charge is 0.382 e. The van der Waals surface area contributed by atoms with E-state index in [0.29, 0.717) is 36.6 Å². The third kappa shape index (κ3) is 6.70. The van der Waals surface area contributed by atoms with Gasteiger partial charge in [0.05, 0.1) is 35.4 Å². The zero-order valence-electron chi connectivity index (χ0n) is 23.0. The number of aromatic nitrogens is 3. The maximum Gasteiger partial charge on any atom is 0.218 e. The van der Waals surface area contributed by atoms with Crippen LogP contribution < -0.4 is 15.4 Å². The first-order valence-electron chi connectivity index (χ1n) is 12.8. The Bertz CT molecular complexity index is 1520. The molecular formula is C27H36N8O3S. The van der Waals surface area contributed by atoms with Gasteiger partial charge in [-0.2, -0.15) is 10.2 Å². The molecule has 4 rings (SSSR count). The summed E-state index contributed by atoms with van der Waals surface area (Å²) in [5.41, 5.74) is 12.1. The van der Waals surface area contributed by atoms with Crippen LogP contribution in [0.2, 0.25) is 0 Å². The molecule has 3 N–H and O–H groups in total. The van der Waals surface area contributed by atoms with E-state index in [1.54, 1.807) is 18.2 Å². The van der Waals surface area contributed by atoms with Crippen molar-refractivity contribution < 1.29 is 13.2 Å². The zero-order valence-corrected chi connectivity index (χ0v) is 23.9. The highest BCUT2D eigenvalue weighted by molar-refractivity contribution is 7.90. The molecule has 0 saturated heterocycles. The highest BCUT2D eigenvalue weighted by atomic mass is 32.2. The number of sulfonamides is 1. The molecule has 0 bridgehead atoms. The molecule has 1 unspecified atom stereocenters. The van der Waals surface area contributed by atoms with Crippen LogP contribution in [-0.4, -0.2) is 62.1 Å². The van der Waals surface area contributed by atoms with E-state index in [4.69, 9.17) is 10.5 Å². The number of nitrogens with two attached hydrogens (primary N) is 1. The Hall–Kier alpha value is -3.61. The second-order valence-corrected chi connectivity index (χ2v) is 11.6. The molecule has 12 heteroatoms. The van der Waals surface area contributed by atoms with Crippen LogP contribution in [0.25, 0.3) is 11.0 Å². The van der Waals surface area contributed by atoms with Crippen LogP contribution in [0, 0.1) is 20.8 Å². The summed E-state index contributed by atoms with van der Waals surface area (Å²) in [5, 5.41) is 7.81. The van der Waals surface area contributed by atoms with Crippen LogP contribution in [0.3, 0.4) is 0 Å².